The number of hydrogen-bond donors (Lipinski definition) is 0. The molecule has 8 heteroatoms. The van der Waals surface area contributed by atoms with Gasteiger partial charge in [-0.2, -0.15) is 0 Å². The van der Waals surface area contributed by atoms with Gasteiger partial charge in [0.25, 0.3) is 0 Å². The highest BCUT2D eigenvalue weighted by molar-refractivity contribution is 6.44. The number of carbonyl (C=O) groups is 3. The minimum absolute atomic E-state index is 0.125. The monoisotopic (exact) mass is 387 g/mol. The van der Waals surface area contributed by atoms with E-state index in [9.17, 15) is 14.4 Å². The lowest BCUT2D eigenvalue weighted by atomic mass is 9.99. The third-order valence-electron chi connectivity index (χ3n) is 5.91. The van der Waals surface area contributed by atoms with Crippen molar-refractivity contribution in [2.24, 2.45) is 0 Å². The molecule has 0 radical (unpaired) electrons. The topological polar surface area (TPSA) is 79.4 Å². The first-order valence-electron chi connectivity index (χ1n) is 9.68. The van der Waals surface area contributed by atoms with Gasteiger partial charge in [0, 0.05) is 19.1 Å². The van der Waals surface area contributed by atoms with Crippen molar-refractivity contribution in [2.75, 3.05) is 27.4 Å². The van der Waals surface area contributed by atoms with Crippen molar-refractivity contribution in [3.63, 3.8) is 0 Å². The summed E-state index contributed by atoms with van der Waals surface area (Å²) in [7, 11) is 3.20. The van der Waals surface area contributed by atoms with Crippen molar-refractivity contribution in [2.45, 2.75) is 44.7 Å². The molecule has 0 spiro atoms. The molecule has 8 nitrogen and oxygen atoms in total. The van der Waals surface area contributed by atoms with Crippen LogP contribution < -0.4 is 9.47 Å². The van der Waals surface area contributed by atoms with Crippen LogP contribution in [0, 0.1) is 0 Å². The molecule has 0 atom stereocenters. The molecule has 0 aromatic heterocycles. The second-order valence-electron chi connectivity index (χ2n) is 7.55. The first kappa shape index (κ1) is 18.7. The van der Waals surface area contributed by atoms with Crippen LogP contribution in [0.15, 0.2) is 12.1 Å². The van der Waals surface area contributed by atoms with E-state index in [4.69, 9.17) is 9.47 Å². The van der Waals surface area contributed by atoms with Gasteiger partial charge >= 0.3 is 17.8 Å². The zero-order chi connectivity index (χ0) is 19.8. The van der Waals surface area contributed by atoms with E-state index in [-0.39, 0.29) is 12.7 Å². The zero-order valence-corrected chi connectivity index (χ0v) is 16.3. The maximum absolute atomic E-state index is 12.8. The van der Waals surface area contributed by atoms with Gasteiger partial charge in [0.15, 0.2) is 11.5 Å². The zero-order valence-electron chi connectivity index (χ0n) is 16.3. The number of benzene rings is 1. The van der Waals surface area contributed by atoms with Gasteiger partial charge in [-0.15, -0.1) is 0 Å². The first-order chi connectivity index (χ1) is 13.5. The van der Waals surface area contributed by atoms with Crippen LogP contribution in [0.4, 0.5) is 4.79 Å². The third kappa shape index (κ3) is 3.11. The van der Waals surface area contributed by atoms with Crippen LogP contribution in [0.25, 0.3) is 0 Å². The molecule has 1 aromatic rings. The molecule has 4 amide bonds. The van der Waals surface area contributed by atoms with E-state index in [1.165, 1.54) is 4.90 Å². The Morgan fingerprint density at radius 2 is 1.61 bits per heavy atom. The number of nitrogens with zero attached hydrogens (tertiary/aromatic N) is 3. The Hall–Kier alpha value is -2.61. The summed E-state index contributed by atoms with van der Waals surface area (Å²) in [6.07, 6.45) is 4.33. The Labute approximate surface area is 164 Å². The third-order valence-corrected chi connectivity index (χ3v) is 5.91. The number of amides is 4. The molecule has 1 saturated carbocycles. The van der Waals surface area contributed by atoms with Crippen LogP contribution in [-0.2, 0) is 22.6 Å². The van der Waals surface area contributed by atoms with E-state index in [0.717, 1.165) is 48.1 Å². The van der Waals surface area contributed by atoms with Crippen molar-refractivity contribution in [1.82, 2.24) is 14.7 Å². The Kier molecular flexibility index (Phi) is 4.97. The van der Waals surface area contributed by atoms with Crippen LogP contribution in [-0.4, -0.2) is 66.0 Å². The van der Waals surface area contributed by atoms with Crippen molar-refractivity contribution < 1.29 is 23.9 Å². The first-order valence-corrected chi connectivity index (χ1v) is 9.68. The number of ether oxygens (including phenoxy) is 2. The van der Waals surface area contributed by atoms with Crippen molar-refractivity contribution in [3.05, 3.63) is 23.3 Å². The van der Waals surface area contributed by atoms with Gasteiger partial charge in [-0.1, -0.05) is 12.8 Å². The van der Waals surface area contributed by atoms with E-state index >= 15 is 0 Å². The number of urea groups is 1. The lowest BCUT2D eigenvalue weighted by Gasteiger charge is -2.31. The minimum atomic E-state index is -0.713. The molecule has 2 aliphatic heterocycles. The summed E-state index contributed by atoms with van der Waals surface area (Å²) in [6.45, 7) is 1.39. The number of methoxy groups -OCH3 is 2. The summed E-state index contributed by atoms with van der Waals surface area (Å²) < 4.78 is 10.7. The van der Waals surface area contributed by atoms with Gasteiger partial charge in [-0.3, -0.25) is 19.4 Å². The molecule has 4 rings (SSSR count). The summed E-state index contributed by atoms with van der Waals surface area (Å²) in [5.74, 6) is -0.0489. The fourth-order valence-corrected chi connectivity index (χ4v) is 4.39. The van der Waals surface area contributed by atoms with Crippen LogP contribution in [0.5, 0.6) is 11.5 Å². The highest BCUT2D eigenvalue weighted by atomic mass is 16.5. The Morgan fingerprint density at radius 3 is 2.25 bits per heavy atom. The normalized spacial score (nSPS) is 20.9. The predicted molar refractivity (Wildman–Crippen MR) is 99.9 cm³/mol. The van der Waals surface area contributed by atoms with E-state index in [1.807, 2.05) is 17.0 Å². The van der Waals surface area contributed by atoms with Gasteiger partial charge < -0.3 is 9.47 Å². The second-order valence-corrected chi connectivity index (χ2v) is 7.55. The molecule has 2 fully saturated rings. The molecule has 1 aromatic carbocycles. The summed E-state index contributed by atoms with van der Waals surface area (Å²) in [5.41, 5.74) is 2.23. The van der Waals surface area contributed by atoms with Crippen molar-refractivity contribution in [1.29, 1.82) is 0 Å². The molecule has 3 aliphatic rings. The van der Waals surface area contributed by atoms with Crippen LogP contribution in [0.1, 0.15) is 36.8 Å². The summed E-state index contributed by atoms with van der Waals surface area (Å²) in [6, 6.07) is 3.31. The SMILES string of the molecule is COc1cc2c(cc1OC)CN(CN1C(=O)C(=O)N(C3CCCC3)C1=O)CC2. The molecular formula is C20H25N3O5. The Morgan fingerprint density at radius 1 is 0.964 bits per heavy atom. The maximum atomic E-state index is 12.8. The summed E-state index contributed by atoms with van der Waals surface area (Å²) >= 11 is 0. The Bertz CT molecular complexity index is 818. The van der Waals surface area contributed by atoms with Gasteiger partial charge in [0.1, 0.15) is 0 Å². The van der Waals surface area contributed by atoms with Gasteiger partial charge in [0.2, 0.25) is 0 Å². The van der Waals surface area contributed by atoms with Gasteiger partial charge in [0.05, 0.1) is 20.9 Å². The maximum Gasteiger partial charge on any atom is 0.335 e. The molecular weight excluding hydrogens is 362 g/mol. The lowest BCUT2D eigenvalue weighted by Crippen LogP contribution is -2.45. The van der Waals surface area contributed by atoms with Crippen LogP contribution in [0.2, 0.25) is 0 Å². The fourth-order valence-electron chi connectivity index (χ4n) is 4.39. The smallest absolute Gasteiger partial charge is 0.335 e. The predicted octanol–water partition coefficient (Wildman–Crippen LogP) is 1.75. The Balaban J connectivity index is 1.49. The average Bonchev–Trinajstić information content (AvgIpc) is 3.30. The van der Waals surface area contributed by atoms with Crippen molar-refractivity contribution in [3.8, 4) is 11.5 Å². The number of hydrogen-bond acceptors (Lipinski definition) is 6. The van der Waals surface area contributed by atoms with E-state index in [2.05, 4.69) is 0 Å². The molecule has 1 saturated heterocycles. The molecule has 28 heavy (non-hydrogen) atoms. The molecule has 0 N–H and O–H groups in total. The van der Waals surface area contributed by atoms with E-state index < -0.39 is 17.8 Å². The van der Waals surface area contributed by atoms with E-state index in [0.29, 0.717) is 24.6 Å². The molecule has 0 bridgehead atoms. The number of fused-ring (bicyclic) bond motifs is 1. The lowest BCUT2D eigenvalue weighted by molar-refractivity contribution is -0.144. The molecule has 0 unspecified atom stereocenters. The van der Waals surface area contributed by atoms with Gasteiger partial charge in [-0.05, 0) is 42.5 Å². The number of rotatable bonds is 5. The average molecular weight is 387 g/mol. The molecule has 1 aliphatic carbocycles. The van der Waals surface area contributed by atoms with Gasteiger partial charge in [-0.25, -0.2) is 9.69 Å². The highest BCUT2D eigenvalue weighted by Crippen LogP contribution is 2.34. The van der Waals surface area contributed by atoms with Crippen LogP contribution in [0.3, 0.4) is 0 Å². The standard InChI is InChI=1S/C20H25N3O5/c1-27-16-9-13-7-8-21(11-14(13)10-17(16)28-2)12-22-18(24)19(25)23(20(22)26)15-5-3-4-6-15/h9-10,15H,3-8,11-12H2,1-2H3. The summed E-state index contributed by atoms with van der Waals surface area (Å²) in [5, 5.41) is 0. The summed E-state index contributed by atoms with van der Waals surface area (Å²) in [4.78, 5) is 41.9. The highest BCUT2D eigenvalue weighted by Gasteiger charge is 2.48. The largest absolute Gasteiger partial charge is 0.493 e. The number of imide groups is 2. The fraction of sp³-hybridized carbons (Fsp3) is 0.550. The molecule has 150 valence electrons. The molecule has 2 heterocycles. The van der Waals surface area contributed by atoms with E-state index in [1.54, 1.807) is 14.2 Å². The number of carbonyl (C=O) groups excluding carboxylic acids is 3. The second kappa shape index (κ2) is 7.43. The quantitative estimate of drug-likeness (QED) is 0.566. The van der Waals surface area contributed by atoms with Crippen LogP contribution >= 0.6 is 0 Å². The minimum Gasteiger partial charge on any atom is -0.493 e. The van der Waals surface area contributed by atoms with Crippen molar-refractivity contribution >= 4 is 17.8 Å².